The van der Waals surface area contributed by atoms with Gasteiger partial charge < -0.3 is 9.84 Å². The van der Waals surface area contributed by atoms with E-state index in [1.54, 1.807) is 31.4 Å². The fourth-order valence-corrected chi connectivity index (χ4v) is 2.56. The van der Waals surface area contributed by atoms with E-state index in [1.807, 2.05) is 0 Å². The van der Waals surface area contributed by atoms with Gasteiger partial charge in [0.1, 0.15) is 5.75 Å². The number of hydrogen-bond donors (Lipinski definition) is 1. The van der Waals surface area contributed by atoms with Crippen molar-refractivity contribution in [3.63, 3.8) is 0 Å². The molecule has 3 heteroatoms. The van der Waals surface area contributed by atoms with Crippen LogP contribution >= 0.6 is 0 Å². The van der Waals surface area contributed by atoms with Crippen LogP contribution in [-0.2, 0) is 0 Å². The SMILES string of the molecule is COc1ccc(C(=O)CC2(O)CCCCC2)cc1. The van der Waals surface area contributed by atoms with E-state index in [1.165, 1.54) is 6.42 Å². The van der Waals surface area contributed by atoms with Crippen LogP contribution in [-0.4, -0.2) is 23.6 Å². The van der Waals surface area contributed by atoms with Crippen LogP contribution in [0.2, 0.25) is 0 Å². The van der Waals surface area contributed by atoms with Gasteiger partial charge in [-0.25, -0.2) is 0 Å². The molecule has 2 rings (SSSR count). The lowest BCUT2D eigenvalue weighted by Gasteiger charge is -2.31. The van der Waals surface area contributed by atoms with Gasteiger partial charge in [-0.15, -0.1) is 0 Å². The van der Waals surface area contributed by atoms with Crippen LogP contribution in [0.4, 0.5) is 0 Å². The number of ether oxygens (including phenoxy) is 1. The van der Waals surface area contributed by atoms with Gasteiger partial charge in [-0.1, -0.05) is 19.3 Å². The maximum absolute atomic E-state index is 12.1. The van der Waals surface area contributed by atoms with Crippen LogP contribution in [0, 0.1) is 0 Å². The molecule has 0 spiro atoms. The van der Waals surface area contributed by atoms with E-state index < -0.39 is 5.60 Å². The van der Waals surface area contributed by atoms with Crippen LogP contribution in [0.15, 0.2) is 24.3 Å². The molecule has 1 aliphatic carbocycles. The van der Waals surface area contributed by atoms with Crippen molar-refractivity contribution in [2.45, 2.75) is 44.1 Å². The third kappa shape index (κ3) is 3.10. The van der Waals surface area contributed by atoms with Crippen molar-refractivity contribution in [2.75, 3.05) is 7.11 Å². The van der Waals surface area contributed by atoms with Crippen molar-refractivity contribution in [3.05, 3.63) is 29.8 Å². The topological polar surface area (TPSA) is 46.5 Å². The van der Waals surface area contributed by atoms with Crippen LogP contribution in [0.3, 0.4) is 0 Å². The van der Waals surface area contributed by atoms with E-state index in [-0.39, 0.29) is 12.2 Å². The zero-order valence-electron chi connectivity index (χ0n) is 10.8. The first kappa shape index (κ1) is 13.1. The van der Waals surface area contributed by atoms with E-state index in [9.17, 15) is 9.90 Å². The van der Waals surface area contributed by atoms with Crippen molar-refractivity contribution in [3.8, 4) is 5.75 Å². The number of methoxy groups -OCH3 is 1. The third-order valence-electron chi connectivity index (χ3n) is 3.69. The third-order valence-corrected chi connectivity index (χ3v) is 3.69. The molecule has 0 aromatic heterocycles. The van der Waals surface area contributed by atoms with Gasteiger partial charge in [-0.3, -0.25) is 4.79 Å². The Kier molecular flexibility index (Phi) is 4.02. The highest BCUT2D eigenvalue weighted by Crippen LogP contribution is 2.32. The van der Waals surface area contributed by atoms with Crippen molar-refractivity contribution >= 4 is 5.78 Å². The summed E-state index contributed by atoms with van der Waals surface area (Å²) in [6.07, 6.45) is 4.93. The Morgan fingerprint density at radius 2 is 1.83 bits per heavy atom. The van der Waals surface area contributed by atoms with Gasteiger partial charge in [0.2, 0.25) is 0 Å². The number of carbonyl (C=O) groups is 1. The second-order valence-corrected chi connectivity index (χ2v) is 5.11. The van der Waals surface area contributed by atoms with Crippen LogP contribution in [0.25, 0.3) is 0 Å². The minimum Gasteiger partial charge on any atom is -0.497 e. The number of carbonyl (C=O) groups excluding carboxylic acids is 1. The molecular formula is C15H20O3. The molecule has 0 unspecified atom stereocenters. The number of hydrogen-bond acceptors (Lipinski definition) is 3. The zero-order valence-corrected chi connectivity index (χ0v) is 10.8. The van der Waals surface area contributed by atoms with Gasteiger partial charge in [0.25, 0.3) is 0 Å². The van der Waals surface area contributed by atoms with Crippen molar-refractivity contribution in [1.29, 1.82) is 0 Å². The standard InChI is InChI=1S/C15H20O3/c1-18-13-7-5-12(6-8-13)14(16)11-15(17)9-3-2-4-10-15/h5-8,17H,2-4,9-11H2,1H3. The summed E-state index contributed by atoms with van der Waals surface area (Å²) < 4.78 is 5.06. The fraction of sp³-hybridized carbons (Fsp3) is 0.533. The highest BCUT2D eigenvalue weighted by Gasteiger charge is 2.31. The van der Waals surface area contributed by atoms with Crippen LogP contribution in [0.5, 0.6) is 5.75 Å². The van der Waals surface area contributed by atoms with E-state index in [4.69, 9.17) is 4.74 Å². The molecule has 98 valence electrons. The highest BCUT2D eigenvalue weighted by molar-refractivity contribution is 5.96. The Morgan fingerprint density at radius 3 is 2.39 bits per heavy atom. The molecule has 0 heterocycles. The first-order valence-electron chi connectivity index (χ1n) is 6.53. The first-order chi connectivity index (χ1) is 8.63. The summed E-state index contributed by atoms with van der Waals surface area (Å²) in [4.78, 5) is 12.1. The molecular weight excluding hydrogens is 228 g/mol. The van der Waals surface area contributed by atoms with Gasteiger partial charge in [0.05, 0.1) is 12.7 Å². The Hall–Kier alpha value is -1.35. The number of Topliss-reactive ketones (excluding diaryl/α,β-unsaturated/α-hetero) is 1. The molecule has 0 amide bonds. The monoisotopic (exact) mass is 248 g/mol. The maximum Gasteiger partial charge on any atom is 0.165 e. The summed E-state index contributed by atoms with van der Waals surface area (Å²) in [5.74, 6) is 0.755. The summed E-state index contributed by atoms with van der Waals surface area (Å²) in [6.45, 7) is 0. The van der Waals surface area contributed by atoms with E-state index >= 15 is 0 Å². The van der Waals surface area contributed by atoms with E-state index in [2.05, 4.69) is 0 Å². The molecule has 1 fully saturated rings. The predicted octanol–water partition coefficient (Wildman–Crippen LogP) is 2.96. The van der Waals surface area contributed by atoms with Gasteiger partial charge in [-0.05, 0) is 37.1 Å². The minimum atomic E-state index is -0.782. The lowest BCUT2D eigenvalue weighted by molar-refractivity contribution is 0.000335. The van der Waals surface area contributed by atoms with Crippen molar-refractivity contribution < 1.29 is 14.6 Å². The molecule has 1 N–H and O–H groups in total. The normalized spacial score (nSPS) is 18.3. The lowest BCUT2D eigenvalue weighted by Crippen LogP contribution is -2.34. The Labute approximate surface area is 108 Å². The summed E-state index contributed by atoms with van der Waals surface area (Å²) in [5.41, 5.74) is -0.135. The van der Waals surface area contributed by atoms with Crippen LogP contribution < -0.4 is 4.74 Å². The Bertz CT molecular complexity index is 402. The molecule has 0 bridgehead atoms. The van der Waals surface area contributed by atoms with E-state index in [0.29, 0.717) is 5.56 Å². The Morgan fingerprint density at radius 1 is 1.22 bits per heavy atom. The highest BCUT2D eigenvalue weighted by atomic mass is 16.5. The lowest BCUT2D eigenvalue weighted by atomic mass is 9.80. The molecule has 3 nitrogen and oxygen atoms in total. The molecule has 18 heavy (non-hydrogen) atoms. The molecule has 0 aliphatic heterocycles. The van der Waals surface area contributed by atoms with Crippen LogP contribution in [0.1, 0.15) is 48.9 Å². The fourth-order valence-electron chi connectivity index (χ4n) is 2.56. The molecule has 0 atom stereocenters. The van der Waals surface area contributed by atoms with Gasteiger partial charge in [0.15, 0.2) is 5.78 Å². The summed E-state index contributed by atoms with van der Waals surface area (Å²) in [6, 6.07) is 7.07. The number of aliphatic hydroxyl groups is 1. The average molecular weight is 248 g/mol. The largest absolute Gasteiger partial charge is 0.497 e. The second kappa shape index (κ2) is 5.53. The average Bonchev–Trinajstić information content (AvgIpc) is 2.39. The molecule has 1 aromatic carbocycles. The van der Waals surface area contributed by atoms with Gasteiger partial charge >= 0.3 is 0 Å². The smallest absolute Gasteiger partial charge is 0.165 e. The number of ketones is 1. The second-order valence-electron chi connectivity index (χ2n) is 5.11. The minimum absolute atomic E-state index is 0.0158. The predicted molar refractivity (Wildman–Crippen MR) is 70.0 cm³/mol. The molecule has 0 saturated heterocycles. The molecule has 1 saturated carbocycles. The molecule has 0 radical (unpaired) electrons. The Balaban J connectivity index is 2.02. The quantitative estimate of drug-likeness (QED) is 0.833. The van der Waals surface area contributed by atoms with Gasteiger partial charge in [0, 0.05) is 12.0 Å². The van der Waals surface area contributed by atoms with Gasteiger partial charge in [-0.2, -0.15) is 0 Å². The maximum atomic E-state index is 12.1. The number of benzene rings is 1. The molecule has 1 aliphatic rings. The van der Waals surface area contributed by atoms with Crippen molar-refractivity contribution in [1.82, 2.24) is 0 Å². The number of rotatable bonds is 4. The zero-order chi connectivity index (χ0) is 13.0. The van der Waals surface area contributed by atoms with Crippen molar-refractivity contribution in [2.24, 2.45) is 0 Å². The molecule has 1 aromatic rings. The van der Waals surface area contributed by atoms with E-state index in [0.717, 1.165) is 31.4 Å². The summed E-state index contributed by atoms with van der Waals surface area (Å²) >= 11 is 0. The summed E-state index contributed by atoms with van der Waals surface area (Å²) in [7, 11) is 1.60. The summed E-state index contributed by atoms with van der Waals surface area (Å²) in [5, 5.41) is 10.4. The first-order valence-corrected chi connectivity index (χ1v) is 6.53.